The van der Waals surface area contributed by atoms with E-state index in [9.17, 15) is 0 Å². The highest BCUT2D eigenvalue weighted by Gasteiger charge is 2.10. The van der Waals surface area contributed by atoms with Gasteiger partial charge in [-0.2, -0.15) is 0 Å². The maximum atomic E-state index is 8.47. The fraction of sp³-hybridized carbons (Fsp3) is 0.605. The Morgan fingerprint density at radius 1 is 0.974 bits per heavy atom. The van der Waals surface area contributed by atoms with Gasteiger partial charge in [0, 0.05) is 5.71 Å². The number of hydrogen-bond acceptors (Lipinski definition) is 1. The van der Waals surface area contributed by atoms with Gasteiger partial charge in [0.05, 0.1) is 0 Å². The van der Waals surface area contributed by atoms with Gasteiger partial charge in [0.15, 0.2) is 0 Å². The van der Waals surface area contributed by atoms with Gasteiger partial charge in [-0.15, -0.1) is 0 Å². The Bertz CT molecular complexity index is 837. The van der Waals surface area contributed by atoms with E-state index < -0.39 is 0 Å². The lowest BCUT2D eigenvalue weighted by molar-refractivity contribution is 0.385. The van der Waals surface area contributed by atoms with Crippen LogP contribution in [0.1, 0.15) is 145 Å². The second kappa shape index (κ2) is 24.9. The summed E-state index contributed by atoms with van der Waals surface area (Å²) in [5.74, 6) is 1.92. The summed E-state index contributed by atoms with van der Waals surface area (Å²) in [4.78, 5) is 0. The molecule has 0 bridgehead atoms. The van der Waals surface area contributed by atoms with Crippen molar-refractivity contribution in [1.29, 1.82) is 5.41 Å². The lowest BCUT2D eigenvalue weighted by Gasteiger charge is -2.15. The molecular weight excluding hydrogens is 470 g/mol. The second-order valence-corrected chi connectivity index (χ2v) is 11.4. The summed E-state index contributed by atoms with van der Waals surface area (Å²) in [6, 6.07) is 8.69. The zero-order valence-electron chi connectivity index (χ0n) is 27.8. The Hall–Kier alpha value is -2.15. The number of unbranched alkanes of at least 4 members (excludes halogenated alkanes) is 1. The Morgan fingerprint density at radius 3 is 1.90 bits per heavy atom. The standard InChI is InChI=1S/C24H33N.C7H14.C5H12.C2H6/c1-7-9-11-19(5)22-15-12-21(13-16-22)14-17-23(25)24(18(3)4)20(6)10-8-2;1-7-5-3-2-4-6-7;1-4-5(2)3;1-2/h8,10,12-13,15-16,25H,2,5,7,9,11,14,17H2,1,3-4,6H3;7H,2-6H2,1H3;5H,4H2,1-3H3;1-2H3/b20-10-,25-23?;;;. The first-order chi connectivity index (χ1) is 18.6. The van der Waals surface area contributed by atoms with Crippen LogP contribution in [-0.4, -0.2) is 5.71 Å². The van der Waals surface area contributed by atoms with Gasteiger partial charge in [-0.1, -0.05) is 149 Å². The minimum Gasteiger partial charge on any atom is -0.305 e. The molecule has 1 N–H and O–H groups in total. The van der Waals surface area contributed by atoms with E-state index in [-0.39, 0.29) is 0 Å². The van der Waals surface area contributed by atoms with Gasteiger partial charge in [-0.25, -0.2) is 0 Å². The summed E-state index contributed by atoms with van der Waals surface area (Å²) >= 11 is 0. The predicted octanol–water partition coefficient (Wildman–Crippen LogP) is 13.0. The fourth-order valence-electron chi connectivity index (χ4n) is 4.34. The van der Waals surface area contributed by atoms with Crippen LogP contribution in [-0.2, 0) is 6.42 Å². The molecule has 39 heavy (non-hydrogen) atoms. The van der Waals surface area contributed by atoms with E-state index in [1.165, 1.54) is 73.6 Å². The molecule has 1 aliphatic carbocycles. The van der Waals surface area contributed by atoms with Crippen molar-refractivity contribution < 1.29 is 0 Å². The molecule has 2 rings (SSSR count). The molecule has 0 amide bonds. The van der Waals surface area contributed by atoms with Gasteiger partial charge in [-0.05, 0) is 86.1 Å². The zero-order chi connectivity index (χ0) is 30.2. The van der Waals surface area contributed by atoms with Crippen LogP contribution in [0.4, 0.5) is 0 Å². The first-order valence-corrected chi connectivity index (χ1v) is 15.9. The van der Waals surface area contributed by atoms with Crippen LogP contribution in [0.5, 0.6) is 0 Å². The molecule has 1 aromatic carbocycles. The molecule has 0 atom stereocenters. The fourth-order valence-corrected chi connectivity index (χ4v) is 4.34. The van der Waals surface area contributed by atoms with E-state index in [1.807, 2.05) is 19.9 Å². The minimum absolute atomic E-state index is 0.701. The number of nitrogens with one attached hydrogen (secondary N) is 1. The van der Waals surface area contributed by atoms with Gasteiger partial charge in [0.1, 0.15) is 0 Å². The van der Waals surface area contributed by atoms with Crippen molar-refractivity contribution in [2.45, 2.75) is 140 Å². The third-order valence-electron chi connectivity index (χ3n) is 7.13. The largest absolute Gasteiger partial charge is 0.305 e. The van der Waals surface area contributed by atoms with Crippen LogP contribution in [0.3, 0.4) is 0 Å². The van der Waals surface area contributed by atoms with E-state index in [4.69, 9.17) is 5.41 Å². The monoisotopic (exact) mass is 536 g/mol. The van der Waals surface area contributed by atoms with Gasteiger partial charge in [-0.3, -0.25) is 0 Å². The maximum absolute atomic E-state index is 8.47. The van der Waals surface area contributed by atoms with Crippen molar-refractivity contribution >= 4 is 11.3 Å². The van der Waals surface area contributed by atoms with E-state index in [0.29, 0.717) is 5.71 Å². The lowest BCUT2D eigenvalue weighted by atomic mass is 9.91. The maximum Gasteiger partial charge on any atom is 0.0391 e. The van der Waals surface area contributed by atoms with E-state index in [2.05, 4.69) is 92.8 Å². The highest BCUT2D eigenvalue weighted by molar-refractivity contribution is 6.02. The Labute approximate surface area is 245 Å². The van der Waals surface area contributed by atoms with Gasteiger partial charge < -0.3 is 5.41 Å². The molecule has 1 heteroatoms. The van der Waals surface area contributed by atoms with E-state index in [1.54, 1.807) is 6.08 Å². The van der Waals surface area contributed by atoms with Crippen molar-refractivity contribution in [3.8, 4) is 0 Å². The molecule has 0 spiro atoms. The van der Waals surface area contributed by atoms with Gasteiger partial charge >= 0.3 is 0 Å². The van der Waals surface area contributed by atoms with Gasteiger partial charge in [0.2, 0.25) is 0 Å². The molecule has 1 saturated carbocycles. The number of hydrogen-bond donors (Lipinski definition) is 1. The quantitative estimate of drug-likeness (QED) is 0.215. The van der Waals surface area contributed by atoms with Crippen molar-refractivity contribution in [3.63, 3.8) is 0 Å². The SMILES string of the molecule is C=C/C=C(/C)C(C(=N)CCc1ccc(C(=C)CCCC)cc1)=C(C)C.CC.CC1CCCCC1.CCC(C)C. The summed E-state index contributed by atoms with van der Waals surface area (Å²) in [6.45, 7) is 29.4. The summed E-state index contributed by atoms with van der Waals surface area (Å²) in [6.07, 6.45) is 17.6. The third kappa shape index (κ3) is 19.5. The van der Waals surface area contributed by atoms with Crippen LogP contribution < -0.4 is 0 Å². The normalized spacial score (nSPS) is 13.1. The first-order valence-electron chi connectivity index (χ1n) is 15.9. The molecular formula is C38H65N. The Balaban J connectivity index is 0. The lowest BCUT2D eigenvalue weighted by Crippen LogP contribution is -2.06. The molecule has 0 radical (unpaired) electrons. The van der Waals surface area contributed by atoms with Crippen LogP contribution in [0, 0.1) is 17.2 Å². The number of aryl methyl sites for hydroxylation is 1. The van der Waals surface area contributed by atoms with E-state index in [0.717, 1.165) is 42.2 Å². The summed E-state index contributed by atoms with van der Waals surface area (Å²) in [5, 5.41) is 8.47. The topological polar surface area (TPSA) is 23.9 Å². The molecule has 1 fully saturated rings. The second-order valence-electron chi connectivity index (χ2n) is 11.4. The summed E-state index contributed by atoms with van der Waals surface area (Å²) in [5.41, 5.74) is 7.79. The first kappa shape index (κ1) is 39.0. The molecule has 0 aliphatic heterocycles. The molecule has 0 saturated heterocycles. The van der Waals surface area contributed by atoms with E-state index >= 15 is 0 Å². The summed E-state index contributed by atoms with van der Waals surface area (Å²) < 4.78 is 0. The van der Waals surface area contributed by atoms with Crippen LogP contribution in [0.15, 0.2) is 66.3 Å². The van der Waals surface area contributed by atoms with Crippen molar-refractivity contribution in [2.24, 2.45) is 11.8 Å². The van der Waals surface area contributed by atoms with Crippen LogP contribution in [0.25, 0.3) is 5.57 Å². The molecule has 1 aliphatic rings. The number of benzene rings is 1. The third-order valence-corrected chi connectivity index (χ3v) is 7.13. The Kier molecular flexibility index (Phi) is 24.9. The van der Waals surface area contributed by atoms with Gasteiger partial charge in [0.25, 0.3) is 0 Å². The highest BCUT2D eigenvalue weighted by Crippen LogP contribution is 2.23. The molecule has 0 unspecified atom stereocenters. The predicted molar refractivity (Wildman–Crippen MR) is 182 cm³/mol. The average Bonchev–Trinajstić information content (AvgIpc) is 2.93. The smallest absolute Gasteiger partial charge is 0.0391 e. The number of rotatable bonds is 11. The molecule has 0 aromatic heterocycles. The number of allylic oxidation sites excluding steroid dienone is 6. The van der Waals surface area contributed by atoms with Crippen LogP contribution >= 0.6 is 0 Å². The Morgan fingerprint density at radius 2 is 1.51 bits per heavy atom. The molecule has 222 valence electrons. The zero-order valence-corrected chi connectivity index (χ0v) is 27.8. The van der Waals surface area contributed by atoms with Crippen molar-refractivity contribution in [1.82, 2.24) is 0 Å². The van der Waals surface area contributed by atoms with Crippen molar-refractivity contribution in [3.05, 3.63) is 77.4 Å². The van der Waals surface area contributed by atoms with Crippen LogP contribution in [0.2, 0.25) is 0 Å². The molecule has 1 aromatic rings. The highest BCUT2D eigenvalue weighted by atomic mass is 14.4. The minimum atomic E-state index is 0.701. The average molecular weight is 536 g/mol. The summed E-state index contributed by atoms with van der Waals surface area (Å²) in [7, 11) is 0. The molecule has 1 nitrogen and oxygen atoms in total. The van der Waals surface area contributed by atoms with Crippen molar-refractivity contribution in [2.75, 3.05) is 0 Å². The molecule has 0 heterocycles.